The molecule has 0 aliphatic rings. The first kappa shape index (κ1) is 13.3. The van der Waals surface area contributed by atoms with Crippen molar-refractivity contribution in [2.45, 2.75) is 33.2 Å². The lowest BCUT2D eigenvalue weighted by Gasteiger charge is -2.24. The van der Waals surface area contributed by atoms with Crippen molar-refractivity contribution in [3.63, 3.8) is 0 Å². The monoisotopic (exact) mass is 239 g/mol. The Balaban J connectivity index is 2.95. The third-order valence-corrected chi connectivity index (χ3v) is 2.49. The first-order chi connectivity index (χ1) is 7.97. The molecule has 1 aromatic heterocycles. The smallest absolute Gasteiger partial charge is 0.323 e. The van der Waals surface area contributed by atoms with Crippen molar-refractivity contribution in [2.24, 2.45) is 0 Å². The highest BCUT2D eigenvalue weighted by Gasteiger charge is 2.24. The zero-order chi connectivity index (χ0) is 13.0. The molecule has 0 bridgehead atoms. The Morgan fingerprint density at radius 2 is 2.12 bits per heavy atom. The van der Waals surface area contributed by atoms with Gasteiger partial charge in [0.25, 0.3) is 5.91 Å². The Labute approximate surface area is 100 Å². The predicted molar refractivity (Wildman–Crippen MR) is 61.9 cm³/mol. The van der Waals surface area contributed by atoms with Crippen molar-refractivity contribution in [1.82, 2.24) is 4.90 Å². The fourth-order valence-electron chi connectivity index (χ4n) is 1.59. The van der Waals surface area contributed by atoms with E-state index in [-0.39, 0.29) is 18.5 Å². The van der Waals surface area contributed by atoms with Gasteiger partial charge < -0.3 is 14.4 Å². The van der Waals surface area contributed by atoms with Crippen LogP contribution in [-0.4, -0.2) is 34.5 Å². The van der Waals surface area contributed by atoms with Crippen LogP contribution in [0.15, 0.2) is 16.7 Å². The van der Waals surface area contributed by atoms with E-state index in [2.05, 4.69) is 0 Å². The highest BCUT2D eigenvalue weighted by Crippen LogP contribution is 2.15. The Morgan fingerprint density at radius 3 is 2.59 bits per heavy atom. The molecule has 0 unspecified atom stereocenters. The van der Waals surface area contributed by atoms with E-state index in [4.69, 9.17) is 9.52 Å². The fourth-order valence-corrected chi connectivity index (χ4v) is 1.59. The van der Waals surface area contributed by atoms with E-state index < -0.39 is 5.97 Å². The molecule has 0 saturated heterocycles. The van der Waals surface area contributed by atoms with Crippen LogP contribution in [0.1, 0.15) is 36.9 Å². The topological polar surface area (TPSA) is 70.8 Å². The van der Waals surface area contributed by atoms with Gasteiger partial charge in [-0.15, -0.1) is 0 Å². The van der Waals surface area contributed by atoms with E-state index in [0.717, 1.165) is 0 Å². The van der Waals surface area contributed by atoms with Gasteiger partial charge >= 0.3 is 5.97 Å². The largest absolute Gasteiger partial charge is 0.480 e. The van der Waals surface area contributed by atoms with Gasteiger partial charge in [-0.3, -0.25) is 9.59 Å². The van der Waals surface area contributed by atoms with Crippen molar-refractivity contribution in [3.8, 4) is 0 Å². The van der Waals surface area contributed by atoms with Gasteiger partial charge in [-0.05, 0) is 19.9 Å². The van der Waals surface area contributed by atoms with Gasteiger partial charge in [0.15, 0.2) is 0 Å². The van der Waals surface area contributed by atoms with Crippen LogP contribution < -0.4 is 0 Å². The number of nitrogens with zero attached hydrogens (tertiary/aromatic N) is 1. The normalized spacial score (nSPS) is 10.6. The molecule has 0 aliphatic carbocycles. The minimum Gasteiger partial charge on any atom is -0.480 e. The number of furan rings is 1. The van der Waals surface area contributed by atoms with Gasteiger partial charge in [-0.25, -0.2) is 0 Å². The third-order valence-electron chi connectivity index (χ3n) is 2.49. The molecule has 94 valence electrons. The van der Waals surface area contributed by atoms with Crippen molar-refractivity contribution < 1.29 is 19.1 Å². The zero-order valence-electron chi connectivity index (χ0n) is 10.3. The Hall–Kier alpha value is -1.78. The summed E-state index contributed by atoms with van der Waals surface area (Å²) in [6.07, 6.45) is 2.05. The second-order valence-electron chi connectivity index (χ2n) is 4.03. The SMILES string of the molecule is CCc1occc1C(=O)N(CC(=O)O)C(C)C. The summed E-state index contributed by atoms with van der Waals surface area (Å²) in [5.74, 6) is -0.729. The van der Waals surface area contributed by atoms with E-state index in [1.807, 2.05) is 6.92 Å². The number of aryl methyl sites for hydroxylation is 1. The number of hydrogen-bond acceptors (Lipinski definition) is 3. The lowest BCUT2D eigenvalue weighted by Crippen LogP contribution is -2.40. The Kier molecular flexibility index (Phi) is 4.31. The summed E-state index contributed by atoms with van der Waals surface area (Å²) in [6, 6.07) is 1.41. The lowest BCUT2D eigenvalue weighted by molar-refractivity contribution is -0.138. The number of aliphatic carboxylic acids is 1. The first-order valence-electron chi connectivity index (χ1n) is 5.56. The van der Waals surface area contributed by atoms with Crippen LogP contribution in [0.3, 0.4) is 0 Å². The molecule has 5 nitrogen and oxygen atoms in total. The van der Waals surface area contributed by atoms with E-state index in [9.17, 15) is 9.59 Å². The molecule has 0 atom stereocenters. The predicted octanol–water partition coefficient (Wildman–Crippen LogP) is 1.78. The molecule has 1 amide bonds. The number of hydrogen-bond donors (Lipinski definition) is 1. The van der Waals surface area contributed by atoms with Crippen molar-refractivity contribution >= 4 is 11.9 Å². The lowest BCUT2D eigenvalue weighted by atomic mass is 10.1. The van der Waals surface area contributed by atoms with Crippen LogP contribution in [-0.2, 0) is 11.2 Å². The van der Waals surface area contributed by atoms with E-state index >= 15 is 0 Å². The van der Waals surface area contributed by atoms with Crippen LogP contribution in [0.5, 0.6) is 0 Å². The molecule has 0 spiro atoms. The van der Waals surface area contributed by atoms with Gasteiger partial charge in [-0.2, -0.15) is 0 Å². The maximum atomic E-state index is 12.2. The minimum absolute atomic E-state index is 0.168. The molecule has 1 N–H and O–H groups in total. The third kappa shape index (κ3) is 3.09. The number of carbonyl (C=O) groups excluding carboxylic acids is 1. The molecule has 0 aromatic carbocycles. The Bertz CT molecular complexity index is 408. The molecule has 0 radical (unpaired) electrons. The molecule has 1 heterocycles. The van der Waals surface area contributed by atoms with Crippen molar-refractivity contribution in [3.05, 3.63) is 23.7 Å². The van der Waals surface area contributed by atoms with E-state index in [1.54, 1.807) is 19.9 Å². The van der Waals surface area contributed by atoms with E-state index in [1.165, 1.54) is 11.2 Å². The van der Waals surface area contributed by atoms with Gasteiger partial charge in [0.05, 0.1) is 11.8 Å². The summed E-state index contributed by atoms with van der Waals surface area (Å²) in [7, 11) is 0. The summed E-state index contributed by atoms with van der Waals surface area (Å²) in [5.41, 5.74) is 0.447. The van der Waals surface area contributed by atoms with Gasteiger partial charge in [0.2, 0.25) is 0 Å². The van der Waals surface area contributed by atoms with Gasteiger partial charge in [0.1, 0.15) is 12.3 Å². The van der Waals surface area contributed by atoms with Crippen molar-refractivity contribution in [2.75, 3.05) is 6.54 Å². The highest BCUT2D eigenvalue weighted by atomic mass is 16.4. The first-order valence-corrected chi connectivity index (χ1v) is 5.56. The van der Waals surface area contributed by atoms with Gasteiger partial charge in [-0.1, -0.05) is 6.92 Å². The quantitative estimate of drug-likeness (QED) is 0.850. The molecule has 0 aliphatic heterocycles. The summed E-state index contributed by atoms with van der Waals surface area (Å²) >= 11 is 0. The fraction of sp³-hybridized carbons (Fsp3) is 0.500. The van der Waals surface area contributed by atoms with E-state index in [0.29, 0.717) is 17.7 Å². The minimum atomic E-state index is -1.02. The highest BCUT2D eigenvalue weighted by molar-refractivity contribution is 5.96. The number of amides is 1. The second kappa shape index (κ2) is 5.52. The average molecular weight is 239 g/mol. The molecule has 17 heavy (non-hydrogen) atoms. The van der Waals surface area contributed by atoms with Crippen LogP contribution >= 0.6 is 0 Å². The van der Waals surface area contributed by atoms with Crippen LogP contribution in [0.25, 0.3) is 0 Å². The number of carbonyl (C=O) groups is 2. The number of rotatable bonds is 5. The maximum Gasteiger partial charge on any atom is 0.323 e. The summed E-state index contributed by atoms with van der Waals surface area (Å²) < 4.78 is 5.17. The zero-order valence-corrected chi connectivity index (χ0v) is 10.3. The number of carboxylic acid groups (broad SMARTS) is 1. The molecule has 0 fully saturated rings. The molecule has 0 saturated carbocycles. The standard InChI is InChI=1S/C12H17NO4/c1-4-10-9(5-6-17-10)12(16)13(8(2)3)7-11(14)15/h5-6,8H,4,7H2,1-3H3,(H,14,15). The van der Waals surface area contributed by atoms with Gasteiger partial charge in [0, 0.05) is 12.5 Å². The molecular weight excluding hydrogens is 222 g/mol. The number of carboxylic acids is 1. The summed E-state index contributed by atoms with van der Waals surface area (Å²) in [6.45, 7) is 5.15. The van der Waals surface area contributed by atoms with Crippen LogP contribution in [0.2, 0.25) is 0 Å². The molecule has 1 aromatic rings. The molecular formula is C12H17NO4. The summed E-state index contributed by atoms with van der Waals surface area (Å²) in [5, 5.41) is 8.79. The molecule has 5 heteroatoms. The maximum absolute atomic E-state index is 12.2. The second-order valence-corrected chi connectivity index (χ2v) is 4.03. The van der Waals surface area contributed by atoms with Crippen LogP contribution in [0.4, 0.5) is 0 Å². The Morgan fingerprint density at radius 1 is 1.47 bits per heavy atom. The van der Waals surface area contributed by atoms with Crippen LogP contribution in [0, 0.1) is 0 Å². The summed E-state index contributed by atoms with van der Waals surface area (Å²) in [4.78, 5) is 24.2. The molecule has 1 rings (SSSR count). The van der Waals surface area contributed by atoms with Crippen molar-refractivity contribution in [1.29, 1.82) is 0 Å². The average Bonchev–Trinajstić information content (AvgIpc) is 2.72.